The molecule has 1 N–H and O–H groups in total. The summed E-state index contributed by atoms with van der Waals surface area (Å²) < 4.78 is 1.71. The first kappa shape index (κ1) is 15.2. The van der Waals surface area contributed by atoms with Gasteiger partial charge in [-0.1, -0.05) is 12.1 Å². The third-order valence-corrected chi connectivity index (χ3v) is 3.98. The van der Waals surface area contributed by atoms with Gasteiger partial charge in [-0.15, -0.1) is 0 Å². The van der Waals surface area contributed by atoms with E-state index in [9.17, 15) is 4.79 Å². The quantitative estimate of drug-likeness (QED) is 0.788. The lowest BCUT2D eigenvalue weighted by molar-refractivity contribution is 0.102. The van der Waals surface area contributed by atoms with Gasteiger partial charge in [-0.2, -0.15) is 5.10 Å². The van der Waals surface area contributed by atoms with Crippen molar-refractivity contribution in [2.24, 2.45) is 7.05 Å². The second-order valence-electron chi connectivity index (χ2n) is 5.99. The maximum absolute atomic E-state index is 12.8. The van der Waals surface area contributed by atoms with Crippen LogP contribution >= 0.6 is 0 Å². The van der Waals surface area contributed by atoms with E-state index in [2.05, 4.69) is 15.4 Å². The summed E-state index contributed by atoms with van der Waals surface area (Å²) in [5.41, 5.74) is 5.92. The number of amides is 1. The average Bonchev–Trinajstić information content (AvgIpc) is 2.77. The monoisotopic (exact) mass is 308 g/mol. The lowest BCUT2D eigenvalue weighted by atomic mass is 10.1. The molecular formula is C18H20N4O. The molecule has 1 aromatic carbocycles. The molecule has 5 heteroatoms. The molecule has 0 atom stereocenters. The van der Waals surface area contributed by atoms with Gasteiger partial charge >= 0.3 is 0 Å². The van der Waals surface area contributed by atoms with Crippen LogP contribution in [-0.4, -0.2) is 20.7 Å². The average molecular weight is 308 g/mol. The van der Waals surface area contributed by atoms with Gasteiger partial charge in [0.05, 0.1) is 16.6 Å². The summed E-state index contributed by atoms with van der Waals surface area (Å²) in [6.07, 6.45) is 0. The first-order valence-electron chi connectivity index (χ1n) is 7.56. The minimum atomic E-state index is -0.134. The van der Waals surface area contributed by atoms with E-state index in [0.29, 0.717) is 5.56 Å². The van der Waals surface area contributed by atoms with Gasteiger partial charge in [0.25, 0.3) is 5.91 Å². The number of hydrogen-bond acceptors (Lipinski definition) is 3. The van der Waals surface area contributed by atoms with E-state index in [-0.39, 0.29) is 5.91 Å². The number of fused-ring (bicyclic) bond motifs is 1. The molecule has 0 spiro atoms. The molecule has 0 bridgehead atoms. The van der Waals surface area contributed by atoms with Crippen LogP contribution in [-0.2, 0) is 7.05 Å². The van der Waals surface area contributed by atoms with E-state index in [1.165, 1.54) is 0 Å². The molecule has 3 aromatic rings. The van der Waals surface area contributed by atoms with E-state index in [1.54, 1.807) is 4.68 Å². The van der Waals surface area contributed by atoms with Gasteiger partial charge < -0.3 is 5.32 Å². The maximum Gasteiger partial charge on any atom is 0.256 e. The predicted octanol–water partition coefficient (Wildman–Crippen LogP) is 3.45. The third kappa shape index (κ3) is 2.70. The van der Waals surface area contributed by atoms with Crippen LogP contribution in [0, 0.1) is 27.7 Å². The number of nitrogens with zero attached hydrogens (tertiary/aromatic N) is 3. The molecule has 0 radical (unpaired) electrons. The second kappa shape index (κ2) is 5.50. The summed E-state index contributed by atoms with van der Waals surface area (Å²) in [5.74, 6) is -0.134. The fourth-order valence-corrected chi connectivity index (χ4v) is 2.81. The SMILES string of the molecule is Cc1ccc(C)c(NC(=O)c2cc(C)nc3c2c(C)nn3C)c1. The third-order valence-electron chi connectivity index (χ3n) is 3.98. The first-order valence-corrected chi connectivity index (χ1v) is 7.56. The predicted molar refractivity (Wildman–Crippen MR) is 91.9 cm³/mol. The van der Waals surface area contributed by atoms with Crippen LogP contribution in [0.15, 0.2) is 24.3 Å². The van der Waals surface area contributed by atoms with Crippen LogP contribution in [0.4, 0.5) is 5.69 Å². The zero-order chi connectivity index (χ0) is 16.7. The fourth-order valence-electron chi connectivity index (χ4n) is 2.81. The van der Waals surface area contributed by atoms with Crippen molar-refractivity contribution in [3.05, 3.63) is 52.3 Å². The lowest BCUT2D eigenvalue weighted by Gasteiger charge is -2.11. The Kier molecular flexibility index (Phi) is 3.64. The Hall–Kier alpha value is -2.69. The summed E-state index contributed by atoms with van der Waals surface area (Å²) in [5, 5.41) is 8.21. The van der Waals surface area contributed by atoms with Crippen LogP contribution in [0.3, 0.4) is 0 Å². The van der Waals surface area contributed by atoms with Crippen molar-refractivity contribution in [1.29, 1.82) is 0 Å². The molecule has 1 amide bonds. The zero-order valence-electron chi connectivity index (χ0n) is 14.1. The Labute approximate surface area is 135 Å². The van der Waals surface area contributed by atoms with Crippen molar-refractivity contribution in [1.82, 2.24) is 14.8 Å². The van der Waals surface area contributed by atoms with Gasteiger partial charge in [0.1, 0.15) is 0 Å². The number of anilines is 1. The Morgan fingerprint density at radius 3 is 2.61 bits per heavy atom. The topological polar surface area (TPSA) is 59.8 Å². The molecule has 5 nitrogen and oxygen atoms in total. The van der Waals surface area contributed by atoms with Crippen molar-refractivity contribution in [3.63, 3.8) is 0 Å². The smallest absolute Gasteiger partial charge is 0.256 e. The summed E-state index contributed by atoms with van der Waals surface area (Å²) in [7, 11) is 1.84. The second-order valence-corrected chi connectivity index (χ2v) is 5.99. The van der Waals surface area contributed by atoms with Gasteiger partial charge in [0, 0.05) is 18.4 Å². The number of aryl methyl sites for hydroxylation is 5. The summed E-state index contributed by atoms with van der Waals surface area (Å²) in [6, 6.07) is 7.84. The number of benzene rings is 1. The van der Waals surface area contributed by atoms with E-state index < -0.39 is 0 Å². The molecule has 0 aliphatic rings. The van der Waals surface area contributed by atoms with Gasteiger partial charge in [0.2, 0.25) is 0 Å². The maximum atomic E-state index is 12.8. The normalized spacial score (nSPS) is 11.0. The zero-order valence-corrected chi connectivity index (χ0v) is 14.1. The van der Waals surface area contributed by atoms with Gasteiger partial charge in [-0.25, -0.2) is 4.98 Å². The molecule has 0 saturated heterocycles. The Balaban J connectivity index is 2.09. The van der Waals surface area contributed by atoms with Crippen molar-refractivity contribution < 1.29 is 4.79 Å². The van der Waals surface area contributed by atoms with Crippen molar-refractivity contribution in [2.75, 3.05) is 5.32 Å². The van der Waals surface area contributed by atoms with Crippen molar-refractivity contribution >= 4 is 22.6 Å². The van der Waals surface area contributed by atoms with E-state index in [1.807, 2.05) is 59.0 Å². The minimum absolute atomic E-state index is 0.134. The highest BCUT2D eigenvalue weighted by Crippen LogP contribution is 2.24. The van der Waals surface area contributed by atoms with Crippen molar-refractivity contribution in [2.45, 2.75) is 27.7 Å². The number of hydrogen-bond donors (Lipinski definition) is 1. The molecule has 0 aliphatic carbocycles. The summed E-state index contributed by atoms with van der Waals surface area (Å²) >= 11 is 0. The number of carbonyl (C=O) groups is 1. The largest absolute Gasteiger partial charge is 0.322 e. The highest BCUT2D eigenvalue weighted by molar-refractivity contribution is 6.12. The molecule has 2 heterocycles. The molecule has 3 rings (SSSR count). The minimum Gasteiger partial charge on any atom is -0.322 e. The van der Waals surface area contributed by atoms with Gasteiger partial charge in [-0.3, -0.25) is 9.48 Å². The first-order chi connectivity index (χ1) is 10.9. The number of nitrogens with one attached hydrogen (secondary N) is 1. The Morgan fingerprint density at radius 2 is 1.87 bits per heavy atom. The Morgan fingerprint density at radius 1 is 1.13 bits per heavy atom. The number of rotatable bonds is 2. The summed E-state index contributed by atoms with van der Waals surface area (Å²) in [4.78, 5) is 17.3. The molecule has 0 aliphatic heterocycles. The fraction of sp³-hybridized carbons (Fsp3) is 0.278. The van der Waals surface area contributed by atoms with Crippen LogP contribution in [0.25, 0.3) is 11.0 Å². The van der Waals surface area contributed by atoms with Crippen molar-refractivity contribution in [3.8, 4) is 0 Å². The van der Waals surface area contributed by atoms with Crippen LogP contribution < -0.4 is 5.32 Å². The molecular weight excluding hydrogens is 288 g/mol. The molecule has 0 unspecified atom stereocenters. The number of aromatic nitrogens is 3. The van der Waals surface area contributed by atoms with Gasteiger partial charge in [0.15, 0.2) is 5.65 Å². The van der Waals surface area contributed by atoms with Crippen LogP contribution in [0.1, 0.15) is 32.9 Å². The number of pyridine rings is 1. The number of carbonyl (C=O) groups excluding carboxylic acids is 1. The van der Waals surface area contributed by atoms with E-state index >= 15 is 0 Å². The van der Waals surface area contributed by atoms with E-state index in [4.69, 9.17) is 0 Å². The van der Waals surface area contributed by atoms with E-state index in [0.717, 1.165) is 39.2 Å². The highest BCUT2D eigenvalue weighted by atomic mass is 16.1. The molecule has 2 aromatic heterocycles. The highest BCUT2D eigenvalue weighted by Gasteiger charge is 2.18. The van der Waals surface area contributed by atoms with Crippen LogP contribution in [0.5, 0.6) is 0 Å². The Bertz CT molecular complexity index is 924. The van der Waals surface area contributed by atoms with Crippen LogP contribution in [0.2, 0.25) is 0 Å². The standard InChI is InChI=1S/C18H20N4O/c1-10-6-7-11(2)15(8-10)20-18(23)14-9-12(3)19-17-16(14)13(4)21-22(17)5/h6-9H,1-5H3,(H,20,23). The van der Waals surface area contributed by atoms with Gasteiger partial charge in [-0.05, 0) is 51.0 Å². The molecule has 0 fully saturated rings. The molecule has 118 valence electrons. The molecule has 23 heavy (non-hydrogen) atoms. The lowest BCUT2D eigenvalue weighted by Crippen LogP contribution is -2.14. The summed E-state index contributed by atoms with van der Waals surface area (Å²) in [6.45, 7) is 7.78. The molecule has 0 saturated carbocycles.